The molecule has 128 valence electrons. The summed E-state index contributed by atoms with van der Waals surface area (Å²) >= 11 is 11.8. The molecule has 0 aliphatic carbocycles. The smallest absolute Gasteiger partial charge is 0.245 e. The van der Waals surface area contributed by atoms with Crippen LogP contribution in [0, 0.1) is 0 Å². The lowest BCUT2D eigenvalue weighted by Gasteiger charge is -2.08. The highest BCUT2D eigenvalue weighted by molar-refractivity contribution is 6.35. The lowest BCUT2D eigenvalue weighted by Crippen LogP contribution is -2.43. The fourth-order valence-corrected chi connectivity index (χ4v) is 2.78. The van der Waals surface area contributed by atoms with Gasteiger partial charge in [-0.2, -0.15) is 0 Å². The molecule has 0 fully saturated rings. The van der Waals surface area contributed by atoms with Crippen molar-refractivity contribution in [3.8, 4) is 0 Å². The molecule has 25 heavy (non-hydrogen) atoms. The second-order valence-electron chi connectivity index (χ2n) is 5.39. The predicted molar refractivity (Wildman–Crippen MR) is 96.2 cm³/mol. The maximum Gasteiger partial charge on any atom is 0.245 e. The summed E-state index contributed by atoms with van der Waals surface area (Å²) in [5.41, 5.74) is 6.97. The van der Waals surface area contributed by atoms with Gasteiger partial charge in [-0.15, -0.1) is 0 Å². The summed E-state index contributed by atoms with van der Waals surface area (Å²) in [5.74, 6) is -0.245. The van der Waals surface area contributed by atoms with Crippen molar-refractivity contribution in [1.82, 2.24) is 20.8 Å². The van der Waals surface area contributed by atoms with Crippen LogP contribution < -0.4 is 10.9 Å². The fourth-order valence-electron chi connectivity index (χ4n) is 2.31. The SMILES string of the molecule is O=C(Cc1nc2ccccc2[nH]1)NNC(=O)Cc1ccc(Cl)cc1Cl. The van der Waals surface area contributed by atoms with E-state index in [9.17, 15) is 9.59 Å². The van der Waals surface area contributed by atoms with Crippen LogP contribution in [0.5, 0.6) is 0 Å². The summed E-state index contributed by atoms with van der Waals surface area (Å²) in [7, 11) is 0. The first-order valence-electron chi connectivity index (χ1n) is 7.46. The first-order valence-corrected chi connectivity index (χ1v) is 8.22. The number of hydrazine groups is 1. The van der Waals surface area contributed by atoms with Crippen molar-refractivity contribution in [2.45, 2.75) is 12.8 Å². The third-order valence-electron chi connectivity index (χ3n) is 3.47. The highest BCUT2D eigenvalue weighted by Crippen LogP contribution is 2.21. The maximum absolute atomic E-state index is 11.9. The molecule has 3 N–H and O–H groups in total. The number of nitrogens with one attached hydrogen (secondary N) is 3. The highest BCUT2D eigenvalue weighted by Gasteiger charge is 2.11. The quantitative estimate of drug-likeness (QED) is 0.611. The zero-order chi connectivity index (χ0) is 17.8. The zero-order valence-electron chi connectivity index (χ0n) is 13.0. The van der Waals surface area contributed by atoms with E-state index in [1.165, 1.54) is 0 Å². The van der Waals surface area contributed by atoms with Gasteiger partial charge in [-0.3, -0.25) is 20.4 Å². The number of amides is 2. The average molecular weight is 377 g/mol. The van der Waals surface area contributed by atoms with Crippen LogP contribution in [-0.4, -0.2) is 21.8 Å². The summed E-state index contributed by atoms with van der Waals surface area (Å²) < 4.78 is 0. The molecule has 0 aliphatic rings. The Morgan fingerprint density at radius 1 is 1.00 bits per heavy atom. The molecule has 2 amide bonds. The molecule has 0 bridgehead atoms. The number of hydrogen-bond acceptors (Lipinski definition) is 3. The van der Waals surface area contributed by atoms with Crippen molar-refractivity contribution in [3.63, 3.8) is 0 Å². The Morgan fingerprint density at radius 2 is 1.72 bits per heavy atom. The first kappa shape index (κ1) is 17.3. The fraction of sp³-hybridized carbons (Fsp3) is 0.118. The molecule has 0 saturated heterocycles. The number of imidazole rings is 1. The summed E-state index contributed by atoms with van der Waals surface area (Å²) in [5, 5.41) is 0.893. The van der Waals surface area contributed by atoms with Crippen LogP contribution in [-0.2, 0) is 22.4 Å². The summed E-state index contributed by atoms with van der Waals surface area (Å²) in [6.07, 6.45) is 0.0532. The molecule has 3 rings (SSSR count). The van der Waals surface area contributed by atoms with E-state index < -0.39 is 0 Å². The van der Waals surface area contributed by atoms with Crippen LogP contribution in [0.15, 0.2) is 42.5 Å². The van der Waals surface area contributed by atoms with Crippen LogP contribution in [0.25, 0.3) is 11.0 Å². The Balaban J connectivity index is 1.52. The molecule has 6 nitrogen and oxygen atoms in total. The molecule has 0 aliphatic heterocycles. The van der Waals surface area contributed by atoms with Crippen LogP contribution in [0.3, 0.4) is 0 Å². The van der Waals surface area contributed by atoms with Gasteiger partial charge < -0.3 is 4.98 Å². The van der Waals surface area contributed by atoms with Gasteiger partial charge in [0.15, 0.2) is 0 Å². The summed E-state index contributed by atoms with van der Waals surface area (Å²) in [6, 6.07) is 12.4. The van der Waals surface area contributed by atoms with Crippen molar-refractivity contribution >= 4 is 46.0 Å². The Labute approximate surface area is 153 Å². The molecular weight excluding hydrogens is 363 g/mol. The third-order valence-corrected chi connectivity index (χ3v) is 4.06. The van der Waals surface area contributed by atoms with Gasteiger partial charge in [-0.25, -0.2) is 4.98 Å². The molecule has 0 saturated carbocycles. The monoisotopic (exact) mass is 376 g/mol. The summed E-state index contributed by atoms with van der Waals surface area (Å²) in [4.78, 5) is 31.2. The van der Waals surface area contributed by atoms with E-state index in [4.69, 9.17) is 23.2 Å². The van der Waals surface area contributed by atoms with Gasteiger partial charge >= 0.3 is 0 Å². The number of carbonyl (C=O) groups excluding carboxylic acids is 2. The molecule has 3 aromatic rings. The Kier molecular flexibility index (Phi) is 5.21. The van der Waals surface area contributed by atoms with E-state index in [0.717, 1.165) is 11.0 Å². The van der Waals surface area contributed by atoms with Crippen LogP contribution in [0.1, 0.15) is 11.4 Å². The molecule has 0 radical (unpaired) electrons. The standard InChI is InChI=1S/C17H14Cl2N4O2/c18-11-6-5-10(12(19)8-11)7-16(24)22-23-17(25)9-15-20-13-3-1-2-4-14(13)21-15/h1-6,8H,7,9H2,(H,20,21)(H,22,24)(H,23,25). The lowest BCUT2D eigenvalue weighted by atomic mass is 10.1. The molecular formula is C17H14Cl2N4O2. The second kappa shape index (κ2) is 7.55. The van der Waals surface area contributed by atoms with Crippen LogP contribution in [0.2, 0.25) is 10.0 Å². The van der Waals surface area contributed by atoms with Gasteiger partial charge in [-0.05, 0) is 29.8 Å². The predicted octanol–water partition coefficient (Wildman–Crippen LogP) is 2.80. The van der Waals surface area contributed by atoms with E-state index >= 15 is 0 Å². The number of rotatable bonds is 4. The van der Waals surface area contributed by atoms with E-state index in [0.29, 0.717) is 21.4 Å². The number of hydrogen-bond donors (Lipinski definition) is 3. The second-order valence-corrected chi connectivity index (χ2v) is 6.23. The Bertz CT molecular complexity index is 906. The number of nitrogens with zero attached hydrogens (tertiary/aromatic N) is 1. The maximum atomic E-state index is 11.9. The Morgan fingerprint density at radius 3 is 2.44 bits per heavy atom. The van der Waals surface area contributed by atoms with Gasteiger partial charge in [0.05, 0.1) is 23.9 Å². The third kappa shape index (κ3) is 4.49. The van der Waals surface area contributed by atoms with Crippen molar-refractivity contribution in [1.29, 1.82) is 0 Å². The molecule has 0 unspecified atom stereocenters. The number of fused-ring (bicyclic) bond motifs is 1. The van der Waals surface area contributed by atoms with Crippen molar-refractivity contribution in [2.24, 2.45) is 0 Å². The number of para-hydroxylation sites is 2. The number of halogens is 2. The largest absolute Gasteiger partial charge is 0.342 e. The van der Waals surface area contributed by atoms with Crippen molar-refractivity contribution in [2.75, 3.05) is 0 Å². The van der Waals surface area contributed by atoms with Gasteiger partial charge in [0.1, 0.15) is 5.82 Å². The lowest BCUT2D eigenvalue weighted by molar-refractivity contribution is -0.128. The molecule has 1 aromatic heterocycles. The van der Waals surface area contributed by atoms with Gasteiger partial charge in [0.2, 0.25) is 11.8 Å². The average Bonchev–Trinajstić information content (AvgIpc) is 2.97. The Hall–Kier alpha value is -2.57. The number of carbonyl (C=O) groups is 2. The van der Waals surface area contributed by atoms with E-state index in [1.54, 1.807) is 18.2 Å². The minimum atomic E-state index is -0.387. The first-order chi connectivity index (χ1) is 12.0. The van der Waals surface area contributed by atoms with Gasteiger partial charge in [0, 0.05) is 10.0 Å². The van der Waals surface area contributed by atoms with Crippen molar-refractivity contribution in [3.05, 3.63) is 63.9 Å². The molecule has 0 atom stereocenters. The van der Waals surface area contributed by atoms with Crippen LogP contribution in [0.4, 0.5) is 0 Å². The molecule has 1 heterocycles. The normalized spacial score (nSPS) is 10.6. The minimum absolute atomic E-state index is 0.0245. The minimum Gasteiger partial charge on any atom is -0.342 e. The zero-order valence-corrected chi connectivity index (χ0v) is 14.5. The topological polar surface area (TPSA) is 86.9 Å². The number of aromatic nitrogens is 2. The number of H-pyrrole nitrogens is 1. The van der Waals surface area contributed by atoms with Crippen molar-refractivity contribution < 1.29 is 9.59 Å². The molecule has 8 heteroatoms. The molecule has 2 aromatic carbocycles. The number of benzene rings is 2. The van der Waals surface area contributed by atoms with Crippen LogP contribution >= 0.6 is 23.2 Å². The summed E-state index contributed by atoms with van der Waals surface area (Å²) in [6.45, 7) is 0. The van der Waals surface area contributed by atoms with E-state index in [2.05, 4.69) is 20.8 Å². The number of aromatic amines is 1. The van der Waals surface area contributed by atoms with Gasteiger partial charge in [-0.1, -0.05) is 41.4 Å². The van der Waals surface area contributed by atoms with Gasteiger partial charge in [0.25, 0.3) is 0 Å². The van der Waals surface area contributed by atoms with E-state index in [1.807, 2.05) is 24.3 Å². The van der Waals surface area contributed by atoms with E-state index in [-0.39, 0.29) is 24.7 Å². The molecule has 0 spiro atoms. The highest BCUT2D eigenvalue weighted by atomic mass is 35.5.